The minimum atomic E-state index is -1.36. The molecule has 1 rings (SSSR count). The van der Waals surface area contributed by atoms with E-state index in [2.05, 4.69) is 15.7 Å². The molecule has 0 spiro atoms. The van der Waals surface area contributed by atoms with Gasteiger partial charge in [-0.2, -0.15) is 5.10 Å². The van der Waals surface area contributed by atoms with Crippen LogP contribution < -0.4 is 10.6 Å². The zero-order valence-corrected chi connectivity index (χ0v) is 10.1. The van der Waals surface area contributed by atoms with Gasteiger partial charge in [-0.15, -0.1) is 0 Å². The van der Waals surface area contributed by atoms with Crippen molar-refractivity contribution >= 4 is 17.7 Å². The number of rotatable bonds is 5. The molecule has 0 radical (unpaired) electrons. The number of carbonyl (C=O) groups excluding carboxylic acids is 1. The van der Waals surface area contributed by atoms with Crippen LogP contribution in [0.1, 0.15) is 13.8 Å². The van der Waals surface area contributed by atoms with E-state index in [0.717, 1.165) is 0 Å². The summed E-state index contributed by atoms with van der Waals surface area (Å²) >= 11 is 0. The summed E-state index contributed by atoms with van der Waals surface area (Å²) in [5.74, 6) is -1.30. The van der Waals surface area contributed by atoms with Crippen molar-refractivity contribution in [2.75, 3.05) is 5.32 Å². The van der Waals surface area contributed by atoms with Crippen LogP contribution in [0.2, 0.25) is 0 Å². The fourth-order valence-electron chi connectivity index (χ4n) is 1.30. The Morgan fingerprint density at radius 2 is 2.22 bits per heavy atom. The summed E-state index contributed by atoms with van der Waals surface area (Å²) in [6.45, 7) is 3.84. The fourth-order valence-corrected chi connectivity index (χ4v) is 1.30. The molecule has 1 heterocycles. The highest BCUT2D eigenvalue weighted by Gasteiger charge is 2.24. The Bertz CT molecular complexity index is 429. The number of aliphatic carboxylic acids is 1. The lowest BCUT2D eigenvalue weighted by atomic mass is 10.2. The molecule has 0 bridgehead atoms. The van der Waals surface area contributed by atoms with Crippen LogP contribution in [0.15, 0.2) is 12.4 Å². The van der Waals surface area contributed by atoms with Crippen LogP contribution in [0.5, 0.6) is 0 Å². The quantitative estimate of drug-likeness (QED) is 0.585. The summed E-state index contributed by atoms with van der Waals surface area (Å²) < 4.78 is 1.61. The number of anilines is 1. The Morgan fingerprint density at radius 1 is 1.56 bits per heavy atom. The molecule has 0 fully saturated rings. The van der Waals surface area contributed by atoms with E-state index >= 15 is 0 Å². The van der Waals surface area contributed by atoms with Gasteiger partial charge in [0.2, 0.25) is 0 Å². The molecule has 0 aliphatic rings. The molecule has 100 valence electrons. The lowest BCUT2D eigenvalue weighted by molar-refractivity contribution is -0.141. The van der Waals surface area contributed by atoms with Crippen LogP contribution >= 0.6 is 0 Å². The number of aromatic nitrogens is 2. The third-order valence-electron chi connectivity index (χ3n) is 2.25. The number of urea groups is 1. The molecule has 0 aliphatic heterocycles. The molecule has 0 aliphatic carbocycles. The first kappa shape index (κ1) is 14.0. The molecule has 4 N–H and O–H groups in total. The number of aryl methyl sites for hydroxylation is 1. The molecule has 0 aromatic carbocycles. The minimum absolute atomic E-state index is 0.448. The van der Waals surface area contributed by atoms with Crippen LogP contribution in [0.25, 0.3) is 0 Å². The first-order valence-corrected chi connectivity index (χ1v) is 5.45. The predicted octanol–water partition coefficient (Wildman–Crippen LogP) is -0.142. The molecule has 0 saturated heterocycles. The number of aliphatic hydroxyl groups is 1. The Balaban J connectivity index is 2.57. The Hall–Kier alpha value is -2.09. The van der Waals surface area contributed by atoms with E-state index in [-0.39, 0.29) is 0 Å². The van der Waals surface area contributed by atoms with E-state index in [0.29, 0.717) is 12.2 Å². The van der Waals surface area contributed by atoms with Crippen molar-refractivity contribution in [3.8, 4) is 0 Å². The monoisotopic (exact) mass is 256 g/mol. The van der Waals surface area contributed by atoms with E-state index in [1.54, 1.807) is 10.9 Å². The SMILES string of the molecule is CCn1cc(NC(=O)N[C@H](C(=O)O)[C@@H](C)O)cn1. The summed E-state index contributed by atoms with van der Waals surface area (Å²) in [6.07, 6.45) is 1.87. The largest absolute Gasteiger partial charge is 0.480 e. The molecule has 18 heavy (non-hydrogen) atoms. The topological polar surface area (TPSA) is 116 Å². The smallest absolute Gasteiger partial charge is 0.328 e. The zero-order chi connectivity index (χ0) is 13.7. The summed E-state index contributed by atoms with van der Waals surface area (Å²) in [4.78, 5) is 22.3. The average molecular weight is 256 g/mol. The van der Waals surface area contributed by atoms with Gasteiger partial charge in [0.05, 0.1) is 18.0 Å². The maximum atomic E-state index is 11.5. The van der Waals surface area contributed by atoms with Crippen molar-refractivity contribution in [2.45, 2.75) is 32.5 Å². The number of carboxylic acids is 1. The molecule has 0 unspecified atom stereocenters. The van der Waals surface area contributed by atoms with Gasteiger partial charge >= 0.3 is 12.0 Å². The fraction of sp³-hybridized carbons (Fsp3) is 0.500. The van der Waals surface area contributed by atoms with Crippen LogP contribution in [-0.4, -0.2) is 44.1 Å². The van der Waals surface area contributed by atoms with E-state index in [1.807, 2.05) is 6.92 Å². The van der Waals surface area contributed by atoms with Gasteiger partial charge in [-0.05, 0) is 13.8 Å². The average Bonchev–Trinajstić information content (AvgIpc) is 2.72. The van der Waals surface area contributed by atoms with E-state index in [4.69, 9.17) is 5.11 Å². The number of nitrogens with zero attached hydrogens (tertiary/aromatic N) is 2. The molecule has 8 nitrogen and oxygen atoms in total. The molecule has 1 aromatic rings. The Morgan fingerprint density at radius 3 is 2.67 bits per heavy atom. The molecule has 8 heteroatoms. The van der Waals surface area contributed by atoms with Crippen molar-refractivity contribution in [3.63, 3.8) is 0 Å². The van der Waals surface area contributed by atoms with Crippen LogP contribution in [-0.2, 0) is 11.3 Å². The molecule has 0 saturated carbocycles. The van der Waals surface area contributed by atoms with Gasteiger partial charge in [0.15, 0.2) is 6.04 Å². The summed E-state index contributed by atoms with van der Waals surface area (Å²) in [5.41, 5.74) is 0.448. The molecule has 2 amide bonds. The first-order valence-electron chi connectivity index (χ1n) is 5.45. The first-order chi connectivity index (χ1) is 8.43. The normalized spacial score (nSPS) is 13.7. The molecule has 2 atom stereocenters. The highest BCUT2D eigenvalue weighted by atomic mass is 16.4. The lowest BCUT2D eigenvalue weighted by Crippen LogP contribution is -2.49. The number of hydrogen-bond acceptors (Lipinski definition) is 4. The minimum Gasteiger partial charge on any atom is -0.480 e. The third kappa shape index (κ3) is 3.74. The number of hydrogen-bond donors (Lipinski definition) is 4. The number of amides is 2. The highest BCUT2D eigenvalue weighted by molar-refractivity contribution is 5.92. The molecular formula is C10H16N4O4. The van der Waals surface area contributed by atoms with Crippen LogP contribution in [0.3, 0.4) is 0 Å². The van der Waals surface area contributed by atoms with Crippen molar-refractivity contribution < 1.29 is 19.8 Å². The van der Waals surface area contributed by atoms with Crippen molar-refractivity contribution in [3.05, 3.63) is 12.4 Å². The van der Waals surface area contributed by atoms with Gasteiger partial charge in [0, 0.05) is 12.7 Å². The van der Waals surface area contributed by atoms with Gasteiger partial charge in [-0.25, -0.2) is 9.59 Å². The van der Waals surface area contributed by atoms with E-state index < -0.39 is 24.1 Å². The van der Waals surface area contributed by atoms with Crippen molar-refractivity contribution in [1.82, 2.24) is 15.1 Å². The maximum Gasteiger partial charge on any atom is 0.328 e. The summed E-state index contributed by atoms with van der Waals surface area (Å²) in [5, 5.41) is 26.5. The lowest BCUT2D eigenvalue weighted by Gasteiger charge is -2.16. The molecule has 1 aromatic heterocycles. The van der Waals surface area contributed by atoms with Crippen LogP contribution in [0, 0.1) is 0 Å². The van der Waals surface area contributed by atoms with Gasteiger partial charge in [-0.3, -0.25) is 4.68 Å². The zero-order valence-electron chi connectivity index (χ0n) is 10.1. The summed E-state index contributed by atoms with van der Waals surface area (Å²) in [7, 11) is 0. The number of aliphatic hydroxyl groups excluding tert-OH is 1. The number of carbonyl (C=O) groups is 2. The summed E-state index contributed by atoms with van der Waals surface area (Å²) in [6, 6.07) is -2.06. The van der Waals surface area contributed by atoms with Crippen molar-refractivity contribution in [2.24, 2.45) is 0 Å². The predicted molar refractivity (Wildman–Crippen MR) is 63.2 cm³/mol. The van der Waals surface area contributed by atoms with Gasteiger partial charge in [0.1, 0.15) is 0 Å². The maximum absolute atomic E-state index is 11.5. The Labute approximate surface area is 104 Å². The standard InChI is InChI=1S/C10H16N4O4/c1-3-14-5-7(4-11-14)12-10(18)13-8(6(2)15)9(16)17/h4-6,8,15H,3H2,1-2H3,(H,16,17)(H2,12,13,18)/t6-,8+/m1/s1. The number of nitrogens with one attached hydrogen (secondary N) is 2. The van der Waals surface area contributed by atoms with E-state index in [9.17, 15) is 14.7 Å². The number of carboxylic acid groups (broad SMARTS) is 1. The van der Waals surface area contributed by atoms with Crippen molar-refractivity contribution in [1.29, 1.82) is 0 Å². The third-order valence-corrected chi connectivity index (χ3v) is 2.25. The van der Waals surface area contributed by atoms with Gasteiger partial charge < -0.3 is 20.8 Å². The van der Waals surface area contributed by atoms with Crippen LogP contribution in [0.4, 0.5) is 10.5 Å². The van der Waals surface area contributed by atoms with Gasteiger partial charge in [-0.1, -0.05) is 0 Å². The second-order valence-corrected chi connectivity index (χ2v) is 3.74. The molecular weight excluding hydrogens is 240 g/mol. The Kier molecular flexibility index (Phi) is 4.67. The highest BCUT2D eigenvalue weighted by Crippen LogP contribution is 2.04. The second-order valence-electron chi connectivity index (χ2n) is 3.74. The van der Waals surface area contributed by atoms with Gasteiger partial charge in [0.25, 0.3) is 0 Å². The van der Waals surface area contributed by atoms with E-state index in [1.165, 1.54) is 13.1 Å². The second kappa shape index (κ2) is 6.01.